The van der Waals surface area contributed by atoms with Crippen molar-refractivity contribution in [2.45, 2.75) is 45.7 Å². The van der Waals surface area contributed by atoms with Gasteiger partial charge in [-0.2, -0.15) is 0 Å². The largest absolute Gasteiger partial charge is 0.305 e. The first-order valence-electron chi connectivity index (χ1n) is 6.49. The van der Waals surface area contributed by atoms with Crippen molar-refractivity contribution in [3.8, 4) is 0 Å². The molecule has 1 N–H and O–H groups in total. The Bertz CT molecular complexity index is 484. The summed E-state index contributed by atoms with van der Waals surface area (Å²) in [5, 5.41) is 6.23. The van der Waals surface area contributed by atoms with E-state index in [-0.39, 0.29) is 30.3 Å². The van der Waals surface area contributed by atoms with Crippen molar-refractivity contribution in [2.75, 3.05) is 6.54 Å². The van der Waals surface area contributed by atoms with Crippen LogP contribution in [0.1, 0.15) is 31.0 Å². The van der Waals surface area contributed by atoms with E-state index < -0.39 is 0 Å². The maximum Gasteiger partial charge on any atom is 0.247 e. The molecule has 5 nitrogen and oxygen atoms in total. The molecule has 1 aromatic heterocycles. The third-order valence-corrected chi connectivity index (χ3v) is 4.12. The van der Waals surface area contributed by atoms with Crippen molar-refractivity contribution in [1.82, 2.24) is 15.2 Å². The topological polar surface area (TPSA) is 62.3 Å². The number of rotatable bonds is 5. The molecule has 0 spiro atoms. The van der Waals surface area contributed by atoms with Crippen molar-refractivity contribution in [3.63, 3.8) is 0 Å². The summed E-state index contributed by atoms with van der Waals surface area (Å²) in [4.78, 5) is 29.5. The lowest BCUT2D eigenvalue weighted by Gasteiger charge is -2.19. The summed E-state index contributed by atoms with van der Waals surface area (Å²) in [5.74, 6) is -0.182. The van der Waals surface area contributed by atoms with Crippen LogP contribution in [0.4, 0.5) is 0 Å². The Kier molecular flexibility index (Phi) is 4.31. The fourth-order valence-corrected chi connectivity index (χ4v) is 3.00. The van der Waals surface area contributed by atoms with Crippen molar-refractivity contribution in [1.29, 1.82) is 0 Å². The van der Waals surface area contributed by atoms with Gasteiger partial charge in [-0.05, 0) is 20.8 Å². The first-order chi connectivity index (χ1) is 8.99. The van der Waals surface area contributed by atoms with E-state index in [0.717, 1.165) is 17.1 Å². The average molecular weight is 281 g/mol. The van der Waals surface area contributed by atoms with E-state index in [1.54, 1.807) is 11.3 Å². The smallest absolute Gasteiger partial charge is 0.247 e. The number of hydrogen-bond acceptors (Lipinski definition) is 5. The highest BCUT2D eigenvalue weighted by atomic mass is 32.1. The molecule has 1 aromatic rings. The fourth-order valence-electron chi connectivity index (χ4n) is 2.22. The van der Waals surface area contributed by atoms with Crippen LogP contribution >= 0.6 is 11.3 Å². The van der Waals surface area contributed by atoms with Gasteiger partial charge in [0.1, 0.15) is 0 Å². The van der Waals surface area contributed by atoms with Gasteiger partial charge in [0.15, 0.2) is 0 Å². The number of amides is 2. The van der Waals surface area contributed by atoms with Gasteiger partial charge in [-0.25, -0.2) is 4.98 Å². The van der Waals surface area contributed by atoms with Gasteiger partial charge in [0.25, 0.3) is 0 Å². The van der Waals surface area contributed by atoms with E-state index in [4.69, 9.17) is 0 Å². The second-order valence-corrected chi connectivity index (χ2v) is 5.98. The van der Waals surface area contributed by atoms with Crippen LogP contribution in [0.3, 0.4) is 0 Å². The molecule has 2 heterocycles. The number of thiazole rings is 1. The first kappa shape index (κ1) is 14.1. The van der Waals surface area contributed by atoms with Crippen LogP contribution < -0.4 is 5.32 Å². The van der Waals surface area contributed by atoms with Gasteiger partial charge in [0.05, 0.1) is 17.5 Å². The third-order valence-electron chi connectivity index (χ3n) is 3.10. The molecule has 1 aliphatic heterocycles. The van der Waals surface area contributed by atoms with Crippen LogP contribution in [0, 0.1) is 6.92 Å². The maximum atomic E-state index is 12.0. The highest BCUT2D eigenvalue weighted by molar-refractivity contribution is 7.09. The third kappa shape index (κ3) is 3.19. The number of hydrogen-bond donors (Lipinski definition) is 1. The van der Waals surface area contributed by atoms with Gasteiger partial charge in [-0.3, -0.25) is 14.5 Å². The number of nitrogens with zero attached hydrogens (tertiary/aromatic N) is 2. The standard InChI is InChI=1S/C13H19N3O2S/c1-8(2)16-12(17)6-10(13(16)18)14-5-4-11-15-9(3)7-19-11/h7-8,10,14H,4-6H2,1-3H3. The molecular formula is C13H19N3O2S. The van der Waals surface area contributed by atoms with Crippen LogP contribution in [0.15, 0.2) is 5.38 Å². The second-order valence-electron chi connectivity index (χ2n) is 5.04. The van der Waals surface area contributed by atoms with Crippen molar-refractivity contribution < 1.29 is 9.59 Å². The Morgan fingerprint density at radius 2 is 2.26 bits per heavy atom. The lowest BCUT2D eigenvalue weighted by molar-refractivity contribution is -0.140. The molecule has 0 radical (unpaired) electrons. The Morgan fingerprint density at radius 3 is 2.79 bits per heavy atom. The SMILES string of the molecule is Cc1csc(CCNC2CC(=O)N(C(C)C)C2=O)n1. The minimum absolute atomic E-state index is 0.0617. The summed E-state index contributed by atoms with van der Waals surface area (Å²) in [6.07, 6.45) is 1.06. The molecule has 1 atom stereocenters. The number of carbonyl (C=O) groups is 2. The Hall–Kier alpha value is -1.27. The van der Waals surface area contributed by atoms with Crippen LogP contribution in [0.2, 0.25) is 0 Å². The number of likely N-dealkylation sites (tertiary alicyclic amines) is 1. The first-order valence-corrected chi connectivity index (χ1v) is 7.37. The Morgan fingerprint density at radius 1 is 1.53 bits per heavy atom. The van der Waals surface area contributed by atoms with Gasteiger partial charge >= 0.3 is 0 Å². The van der Waals surface area contributed by atoms with Gasteiger partial charge in [0, 0.05) is 30.1 Å². The highest BCUT2D eigenvalue weighted by Crippen LogP contribution is 2.16. The molecule has 1 fully saturated rings. The van der Waals surface area contributed by atoms with Gasteiger partial charge in [0.2, 0.25) is 11.8 Å². The zero-order valence-corrected chi connectivity index (χ0v) is 12.3. The second kappa shape index (κ2) is 5.79. The highest BCUT2D eigenvalue weighted by Gasteiger charge is 2.39. The summed E-state index contributed by atoms with van der Waals surface area (Å²) in [6.45, 7) is 6.35. The molecule has 104 valence electrons. The average Bonchev–Trinajstić information content (AvgIpc) is 2.84. The normalized spacial score (nSPS) is 19.8. The van der Waals surface area contributed by atoms with Crippen LogP contribution in [-0.4, -0.2) is 40.3 Å². The molecule has 0 aromatic carbocycles. The molecule has 0 bridgehead atoms. The number of carbonyl (C=O) groups excluding carboxylic acids is 2. The quantitative estimate of drug-likeness (QED) is 0.822. The van der Waals surface area contributed by atoms with Crippen molar-refractivity contribution in [3.05, 3.63) is 16.1 Å². The lowest BCUT2D eigenvalue weighted by atomic mass is 10.2. The van der Waals surface area contributed by atoms with Crippen molar-refractivity contribution >= 4 is 23.2 Å². The van der Waals surface area contributed by atoms with E-state index >= 15 is 0 Å². The van der Waals surface area contributed by atoms with Crippen LogP contribution in [0.25, 0.3) is 0 Å². The minimum Gasteiger partial charge on any atom is -0.305 e. The van der Waals surface area contributed by atoms with Gasteiger partial charge in [-0.15, -0.1) is 11.3 Å². The van der Waals surface area contributed by atoms with Gasteiger partial charge in [-0.1, -0.05) is 0 Å². The summed E-state index contributed by atoms with van der Waals surface area (Å²) in [6, 6.07) is -0.427. The number of nitrogens with one attached hydrogen (secondary N) is 1. The van der Waals surface area contributed by atoms with E-state index in [2.05, 4.69) is 10.3 Å². The summed E-state index contributed by atoms with van der Waals surface area (Å²) in [5.41, 5.74) is 1.03. The van der Waals surface area contributed by atoms with Gasteiger partial charge < -0.3 is 5.32 Å². The van der Waals surface area contributed by atoms with E-state index in [1.165, 1.54) is 4.90 Å². The Balaban J connectivity index is 1.84. The van der Waals surface area contributed by atoms with Crippen molar-refractivity contribution in [2.24, 2.45) is 0 Å². The summed E-state index contributed by atoms with van der Waals surface area (Å²) in [7, 11) is 0. The number of imide groups is 1. The predicted octanol–water partition coefficient (Wildman–Crippen LogP) is 1.12. The van der Waals surface area contributed by atoms with E-state index in [0.29, 0.717) is 6.54 Å². The fraction of sp³-hybridized carbons (Fsp3) is 0.615. The zero-order valence-electron chi connectivity index (χ0n) is 11.5. The molecule has 0 saturated carbocycles. The summed E-state index contributed by atoms with van der Waals surface area (Å²) < 4.78 is 0. The van der Waals surface area contributed by atoms with E-state index in [1.807, 2.05) is 26.2 Å². The van der Waals surface area contributed by atoms with Crippen LogP contribution in [-0.2, 0) is 16.0 Å². The molecule has 2 amide bonds. The molecule has 1 saturated heterocycles. The zero-order chi connectivity index (χ0) is 14.0. The number of aromatic nitrogens is 1. The number of aryl methyl sites for hydroxylation is 1. The molecule has 6 heteroatoms. The minimum atomic E-state index is -0.365. The molecular weight excluding hydrogens is 262 g/mol. The Labute approximate surface area is 117 Å². The maximum absolute atomic E-state index is 12.0. The monoisotopic (exact) mass is 281 g/mol. The summed E-state index contributed by atoms with van der Waals surface area (Å²) >= 11 is 1.63. The van der Waals surface area contributed by atoms with Crippen LogP contribution in [0.5, 0.6) is 0 Å². The predicted molar refractivity (Wildman–Crippen MR) is 74.0 cm³/mol. The molecule has 2 rings (SSSR count). The van der Waals surface area contributed by atoms with E-state index in [9.17, 15) is 9.59 Å². The molecule has 19 heavy (non-hydrogen) atoms. The lowest BCUT2D eigenvalue weighted by Crippen LogP contribution is -2.42. The molecule has 0 aliphatic carbocycles. The molecule has 1 unspecified atom stereocenters. The molecule has 1 aliphatic rings.